The summed E-state index contributed by atoms with van der Waals surface area (Å²) in [4.78, 5) is 20.8. The summed E-state index contributed by atoms with van der Waals surface area (Å²) in [5.74, 6) is 1.12. The van der Waals surface area contributed by atoms with Crippen molar-refractivity contribution >= 4 is 46.0 Å². The molecule has 1 aromatic heterocycles. The first kappa shape index (κ1) is 23.8. The number of hydrogen-bond donors (Lipinski definition) is 3. The van der Waals surface area contributed by atoms with Crippen molar-refractivity contribution < 1.29 is 10.0 Å². The lowest BCUT2D eigenvalue weighted by Crippen LogP contribution is -2.03. The first-order valence-electron chi connectivity index (χ1n) is 10.4. The molecule has 4 rings (SSSR count). The summed E-state index contributed by atoms with van der Waals surface area (Å²) in [6, 6.07) is 17.6. The molecule has 0 aliphatic carbocycles. The number of hydrogen-bond acceptors (Lipinski definition) is 8. The van der Waals surface area contributed by atoms with Crippen molar-refractivity contribution in [3.63, 3.8) is 0 Å². The van der Waals surface area contributed by atoms with Crippen LogP contribution >= 0.6 is 11.9 Å². The number of phenols is 1. The van der Waals surface area contributed by atoms with Crippen molar-refractivity contribution in [2.24, 2.45) is 0 Å². The Balaban J connectivity index is 0.00000149. The van der Waals surface area contributed by atoms with Crippen LogP contribution in [0.1, 0.15) is 25.0 Å². The Labute approximate surface area is 196 Å². The fourth-order valence-electron chi connectivity index (χ4n) is 3.04. The molecule has 0 bridgehead atoms. The van der Waals surface area contributed by atoms with E-state index < -0.39 is 4.92 Å². The highest BCUT2D eigenvalue weighted by Crippen LogP contribution is 2.33. The van der Waals surface area contributed by atoms with Crippen molar-refractivity contribution in [2.75, 3.05) is 10.0 Å². The van der Waals surface area contributed by atoms with Crippen LogP contribution in [0.3, 0.4) is 0 Å². The fourth-order valence-corrected chi connectivity index (χ4v) is 3.83. The third-order valence-corrected chi connectivity index (χ3v) is 5.41. The molecule has 9 heteroatoms. The third-order valence-electron chi connectivity index (χ3n) is 4.64. The maximum atomic E-state index is 11.2. The van der Waals surface area contributed by atoms with Gasteiger partial charge >= 0.3 is 0 Å². The Kier molecular flexibility index (Phi) is 7.68. The van der Waals surface area contributed by atoms with E-state index in [4.69, 9.17) is 0 Å². The Bertz CT molecular complexity index is 1300. The van der Waals surface area contributed by atoms with Gasteiger partial charge in [0.2, 0.25) is 0 Å². The predicted molar refractivity (Wildman–Crippen MR) is 134 cm³/mol. The Morgan fingerprint density at radius 3 is 2.27 bits per heavy atom. The minimum atomic E-state index is -0.412. The van der Waals surface area contributed by atoms with E-state index >= 15 is 0 Å². The molecule has 8 nitrogen and oxygen atoms in total. The second-order valence-electron chi connectivity index (χ2n) is 6.95. The standard InChI is InChI=1S/C22H19N5O3S.C2H6/c1-13-10-15(27(29)30)12-16(11-13)31-26-22-21(23-17-8-5-9-20(28)14(17)2)24-18-6-3-4-7-19(18)25-22;1-2/h3-12,28H,1-2H3,(H,23,24)(H,25,26);1-2H3. The molecule has 0 fully saturated rings. The highest BCUT2D eigenvalue weighted by Gasteiger charge is 2.14. The fraction of sp³-hybridized carbons (Fsp3) is 0.167. The normalized spacial score (nSPS) is 10.3. The zero-order chi connectivity index (χ0) is 24.0. The second-order valence-corrected chi connectivity index (χ2v) is 7.83. The summed E-state index contributed by atoms with van der Waals surface area (Å²) >= 11 is 1.21. The average molecular weight is 464 g/mol. The predicted octanol–water partition coefficient (Wildman–Crippen LogP) is 6.75. The third kappa shape index (κ3) is 5.69. The number of nitrogens with zero attached hydrogens (tertiary/aromatic N) is 3. The van der Waals surface area contributed by atoms with Gasteiger partial charge in [0, 0.05) is 28.3 Å². The highest BCUT2D eigenvalue weighted by atomic mass is 32.2. The van der Waals surface area contributed by atoms with Crippen LogP contribution in [0.2, 0.25) is 0 Å². The summed E-state index contributed by atoms with van der Waals surface area (Å²) < 4.78 is 3.16. The van der Waals surface area contributed by atoms with Gasteiger partial charge in [0.05, 0.1) is 16.0 Å². The molecule has 33 heavy (non-hydrogen) atoms. The summed E-state index contributed by atoms with van der Waals surface area (Å²) in [7, 11) is 0. The minimum absolute atomic E-state index is 0.0302. The van der Waals surface area contributed by atoms with Gasteiger partial charge in [0.15, 0.2) is 11.6 Å². The summed E-state index contributed by atoms with van der Waals surface area (Å²) in [6.07, 6.45) is 0. The zero-order valence-electron chi connectivity index (χ0n) is 18.8. The first-order valence-corrected chi connectivity index (χ1v) is 11.2. The van der Waals surface area contributed by atoms with Crippen molar-refractivity contribution in [3.05, 3.63) is 81.9 Å². The number of nitrogens with one attached hydrogen (secondary N) is 2. The highest BCUT2D eigenvalue weighted by molar-refractivity contribution is 8.00. The van der Waals surface area contributed by atoms with Crippen molar-refractivity contribution in [1.29, 1.82) is 0 Å². The molecule has 4 aromatic rings. The number of phenolic OH excluding ortho intramolecular Hbond substituents is 1. The van der Waals surface area contributed by atoms with Crippen LogP contribution in [0.25, 0.3) is 11.0 Å². The Hall–Kier alpha value is -3.85. The Morgan fingerprint density at radius 1 is 0.939 bits per heavy atom. The van der Waals surface area contributed by atoms with Gasteiger partial charge in [-0.05, 0) is 61.7 Å². The van der Waals surface area contributed by atoms with Crippen LogP contribution in [0.4, 0.5) is 23.0 Å². The van der Waals surface area contributed by atoms with Crippen molar-refractivity contribution in [3.8, 4) is 5.75 Å². The number of fused-ring (bicyclic) bond motifs is 1. The molecule has 170 valence electrons. The lowest BCUT2D eigenvalue weighted by molar-refractivity contribution is -0.385. The van der Waals surface area contributed by atoms with E-state index in [2.05, 4.69) is 20.0 Å². The molecule has 0 aliphatic rings. The molecule has 3 N–H and O–H groups in total. The molecule has 0 radical (unpaired) electrons. The lowest BCUT2D eigenvalue weighted by Gasteiger charge is -2.15. The molecule has 0 aliphatic heterocycles. The topological polar surface area (TPSA) is 113 Å². The number of nitro groups is 1. The van der Waals surface area contributed by atoms with Crippen LogP contribution in [0, 0.1) is 24.0 Å². The van der Waals surface area contributed by atoms with Gasteiger partial charge in [-0.2, -0.15) is 0 Å². The maximum Gasteiger partial charge on any atom is 0.270 e. The van der Waals surface area contributed by atoms with Gasteiger partial charge in [0.1, 0.15) is 5.75 Å². The lowest BCUT2D eigenvalue weighted by atomic mass is 10.2. The van der Waals surface area contributed by atoms with Gasteiger partial charge in [0.25, 0.3) is 5.69 Å². The molecule has 0 unspecified atom stereocenters. The quantitative estimate of drug-likeness (QED) is 0.163. The SMILES string of the molecule is CC.Cc1cc(SNc2nc3ccccc3nc2Nc2cccc(O)c2C)cc([N+](=O)[O-])c1. The number of aromatic hydroxyl groups is 1. The number of benzene rings is 3. The molecule has 3 aromatic carbocycles. The van der Waals surface area contributed by atoms with E-state index in [1.165, 1.54) is 24.1 Å². The van der Waals surface area contributed by atoms with Crippen molar-refractivity contribution in [1.82, 2.24) is 9.97 Å². The number of rotatable bonds is 6. The summed E-state index contributed by atoms with van der Waals surface area (Å²) in [5, 5.41) is 24.4. The molecule has 0 spiro atoms. The summed E-state index contributed by atoms with van der Waals surface area (Å²) in [6.45, 7) is 7.62. The molecule has 1 heterocycles. The minimum Gasteiger partial charge on any atom is -0.508 e. The second kappa shape index (κ2) is 10.6. The van der Waals surface area contributed by atoms with Crippen LogP contribution < -0.4 is 10.0 Å². The summed E-state index contributed by atoms with van der Waals surface area (Å²) in [5.41, 5.74) is 3.62. The molecule has 0 saturated carbocycles. The van der Waals surface area contributed by atoms with E-state index in [-0.39, 0.29) is 11.4 Å². The molecular formula is C24H25N5O3S. The van der Waals surface area contributed by atoms with E-state index in [1.807, 2.05) is 57.2 Å². The smallest absolute Gasteiger partial charge is 0.270 e. The number of para-hydroxylation sites is 2. The van der Waals surface area contributed by atoms with Gasteiger partial charge < -0.3 is 15.1 Å². The number of non-ortho nitro benzene ring substituents is 1. The first-order chi connectivity index (χ1) is 15.9. The molecule has 0 amide bonds. The van der Waals surface area contributed by atoms with Crippen LogP contribution in [-0.2, 0) is 0 Å². The van der Waals surface area contributed by atoms with E-state index in [0.717, 1.165) is 5.56 Å². The van der Waals surface area contributed by atoms with E-state index in [9.17, 15) is 15.2 Å². The van der Waals surface area contributed by atoms with E-state index in [0.29, 0.717) is 38.8 Å². The maximum absolute atomic E-state index is 11.2. The molecule has 0 saturated heterocycles. The number of aromatic nitrogens is 2. The van der Waals surface area contributed by atoms with Crippen molar-refractivity contribution in [2.45, 2.75) is 32.6 Å². The van der Waals surface area contributed by atoms with Crippen LogP contribution in [-0.4, -0.2) is 20.0 Å². The number of aryl methyl sites for hydroxylation is 1. The largest absolute Gasteiger partial charge is 0.508 e. The monoisotopic (exact) mass is 463 g/mol. The van der Waals surface area contributed by atoms with Gasteiger partial charge in [-0.1, -0.05) is 32.0 Å². The van der Waals surface area contributed by atoms with Crippen LogP contribution in [0.5, 0.6) is 5.75 Å². The average Bonchev–Trinajstić information content (AvgIpc) is 2.81. The molecular weight excluding hydrogens is 438 g/mol. The Morgan fingerprint density at radius 2 is 1.61 bits per heavy atom. The van der Waals surface area contributed by atoms with Gasteiger partial charge in [-0.15, -0.1) is 0 Å². The van der Waals surface area contributed by atoms with Gasteiger partial charge in [-0.25, -0.2) is 9.97 Å². The van der Waals surface area contributed by atoms with Gasteiger partial charge in [-0.3, -0.25) is 10.1 Å². The molecule has 0 atom stereocenters. The number of nitro benzene ring substituents is 1. The van der Waals surface area contributed by atoms with E-state index in [1.54, 1.807) is 19.1 Å². The zero-order valence-corrected chi connectivity index (χ0v) is 19.6. The number of anilines is 3. The van der Waals surface area contributed by atoms with Crippen LogP contribution in [0.15, 0.2) is 65.6 Å².